The number of H-pyrrole nitrogens is 1. The highest BCUT2D eigenvalue weighted by molar-refractivity contribution is 5.95. The average molecular weight is 426 g/mol. The van der Waals surface area contributed by atoms with Crippen molar-refractivity contribution in [2.45, 2.75) is 19.3 Å². The molecule has 8 heteroatoms. The van der Waals surface area contributed by atoms with Crippen LogP contribution in [0.1, 0.15) is 33.7 Å². The summed E-state index contributed by atoms with van der Waals surface area (Å²) >= 11 is 0. The van der Waals surface area contributed by atoms with E-state index < -0.39 is 0 Å². The number of ether oxygens (including phenoxy) is 1. The van der Waals surface area contributed by atoms with Crippen LogP contribution in [0.15, 0.2) is 65.9 Å². The molecule has 0 aliphatic heterocycles. The van der Waals surface area contributed by atoms with E-state index in [-0.39, 0.29) is 5.91 Å². The number of aryl methyl sites for hydroxylation is 1. The molecule has 0 bridgehead atoms. The summed E-state index contributed by atoms with van der Waals surface area (Å²) in [6, 6.07) is 17.5. The summed E-state index contributed by atoms with van der Waals surface area (Å²) in [6.07, 6.45) is 6.33. The standard InChI is InChI=1S/C24H22N6O2/c1-32-19-12-10-16(11-13-19)22-17(15-30(29-22)18-6-3-2-4-7-18)14-25-28-24(31)23-20-8-5-9-21(20)26-27-23/h2-4,6-7,10-15H,5,8-9H2,1H3,(H,26,27)(H,28,31)/b25-14+. The van der Waals surface area contributed by atoms with Gasteiger partial charge in [-0.1, -0.05) is 18.2 Å². The number of nitrogens with one attached hydrogen (secondary N) is 2. The lowest BCUT2D eigenvalue weighted by Gasteiger charge is -2.02. The molecular formula is C24H22N6O2. The summed E-state index contributed by atoms with van der Waals surface area (Å²) in [5.74, 6) is 0.451. The van der Waals surface area contributed by atoms with Gasteiger partial charge in [0.2, 0.25) is 0 Å². The van der Waals surface area contributed by atoms with Crippen molar-refractivity contribution in [3.63, 3.8) is 0 Å². The predicted molar refractivity (Wildman–Crippen MR) is 121 cm³/mol. The third-order valence-corrected chi connectivity index (χ3v) is 5.52. The lowest BCUT2D eigenvalue weighted by Crippen LogP contribution is -2.19. The minimum absolute atomic E-state index is 0.318. The zero-order chi connectivity index (χ0) is 21.9. The third kappa shape index (κ3) is 3.78. The molecule has 8 nitrogen and oxygen atoms in total. The molecule has 0 atom stereocenters. The molecule has 0 saturated carbocycles. The summed E-state index contributed by atoms with van der Waals surface area (Å²) in [5, 5.41) is 16.0. The molecule has 2 aromatic heterocycles. The lowest BCUT2D eigenvalue weighted by molar-refractivity contribution is 0.0949. The van der Waals surface area contributed by atoms with Crippen molar-refractivity contribution >= 4 is 12.1 Å². The van der Waals surface area contributed by atoms with Gasteiger partial charge in [0.15, 0.2) is 5.69 Å². The number of benzene rings is 2. The monoisotopic (exact) mass is 426 g/mol. The first-order valence-corrected chi connectivity index (χ1v) is 10.4. The largest absolute Gasteiger partial charge is 0.497 e. The van der Waals surface area contributed by atoms with E-state index in [0.29, 0.717) is 5.69 Å². The van der Waals surface area contributed by atoms with Gasteiger partial charge in [-0.25, -0.2) is 10.1 Å². The van der Waals surface area contributed by atoms with Crippen LogP contribution in [-0.2, 0) is 12.8 Å². The quantitative estimate of drug-likeness (QED) is 0.364. The maximum absolute atomic E-state index is 12.6. The van der Waals surface area contributed by atoms with Gasteiger partial charge < -0.3 is 4.74 Å². The number of hydrogen-bond donors (Lipinski definition) is 2. The summed E-state index contributed by atoms with van der Waals surface area (Å²) in [5.41, 5.74) is 8.42. The van der Waals surface area contributed by atoms with Gasteiger partial charge in [-0.3, -0.25) is 9.89 Å². The highest BCUT2D eigenvalue weighted by Gasteiger charge is 2.22. The minimum atomic E-state index is -0.318. The van der Waals surface area contributed by atoms with Crippen molar-refractivity contribution in [2.24, 2.45) is 5.10 Å². The molecule has 5 rings (SSSR count). The molecule has 0 spiro atoms. The van der Waals surface area contributed by atoms with Crippen molar-refractivity contribution in [2.75, 3.05) is 7.11 Å². The van der Waals surface area contributed by atoms with Crippen molar-refractivity contribution in [3.05, 3.63) is 83.3 Å². The molecule has 0 fully saturated rings. The number of hydrogen-bond acceptors (Lipinski definition) is 5. The number of rotatable bonds is 6. The van der Waals surface area contributed by atoms with E-state index >= 15 is 0 Å². The number of hydrazone groups is 1. The van der Waals surface area contributed by atoms with E-state index in [1.807, 2.05) is 60.8 Å². The fraction of sp³-hybridized carbons (Fsp3) is 0.167. The Balaban J connectivity index is 1.43. The molecule has 160 valence electrons. The van der Waals surface area contributed by atoms with Crippen molar-refractivity contribution in [3.8, 4) is 22.7 Å². The molecule has 0 saturated heterocycles. The number of para-hydroxylation sites is 1. The van der Waals surface area contributed by atoms with E-state index in [9.17, 15) is 4.79 Å². The first kappa shape index (κ1) is 19.7. The van der Waals surface area contributed by atoms with E-state index in [1.165, 1.54) is 0 Å². The second-order valence-corrected chi connectivity index (χ2v) is 7.52. The first-order chi connectivity index (χ1) is 15.7. The number of amides is 1. The molecule has 32 heavy (non-hydrogen) atoms. The molecule has 2 heterocycles. The Hall–Kier alpha value is -4.20. The summed E-state index contributed by atoms with van der Waals surface area (Å²) in [7, 11) is 1.63. The summed E-state index contributed by atoms with van der Waals surface area (Å²) < 4.78 is 7.06. The second-order valence-electron chi connectivity index (χ2n) is 7.52. The molecular weight excluding hydrogens is 404 g/mol. The van der Waals surface area contributed by atoms with E-state index in [0.717, 1.165) is 58.8 Å². The Morgan fingerprint density at radius 2 is 1.97 bits per heavy atom. The molecule has 4 aromatic rings. The number of methoxy groups -OCH3 is 1. The van der Waals surface area contributed by atoms with E-state index in [4.69, 9.17) is 9.84 Å². The van der Waals surface area contributed by atoms with Gasteiger partial charge in [0.05, 0.1) is 19.0 Å². The van der Waals surface area contributed by atoms with E-state index in [1.54, 1.807) is 18.0 Å². The molecule has 1 aliphatic rings. The highest BCUT2D eigenvalue weighted by atomic mass is 16.5. The van der Waals surface area contributed by atoms with Crippen molar-refractivity contribution in [1.29, 1.82) is 0 Å². The van der Waals surface area contributed by atoms with Crippen LogP contribution in [0.5, 0.6) is 5.75 Å². The van der Waals surface area contributed by atoms with Gasteiger partial charge in [-0.2, -0.15) is 15.3 Å². The normalized spacial score (nSPS) is 12.8. The number of nitrogens with zero attached hydrogens (tertiary/aromatic N) is 4. The van der Waals surface area contributed by atoms with Crippen LogP contribution in [0.4, 0.5) is 0 Å². The molecule has 0 unspecified atom stereocenters. The van der Waals surface area contributed by atoms with Gasteiger partial charge in [-0.15, -0.1) is 0 Å². The number of aromatic nitrogens is 4. The van der Waals surface area contributed by atoms with Crippen LogP contribution in [0.25, 0.3) is 16.9 Å². The molecule has 2 N–H and O–H groups in total. The van der Waals surface area contributed by atoms with Crippen molar-refractivity contribution < 1.29 is 9.53 Å². The molecule has 2 aromatic carbocycles. The number of carbonyl (C=O) groups is 1. The number of carbonyl (C=O) groups excluding carboxylic acids is 1. The predicted octanol–water partition coefficient (Wildman–Crippen LogP) is 3.52. The van der Waals surface area contributed by atoms with Crippen LogP contribution < -0.4 is 10.2 Å². The van der Waals surface area contributed by atoms with Crippen LogP contribution in [0.3, 0.4) is 0 Å². The van der Waals surface area contributed by atoms with Crippen molar-refractivity contribution in [1.82, 2.24) is 25.4 Å². The van der Waals surface area contributed by atoms with Crippen LogP contribution in [-0.4, -0.2) is 39.2 Å². The van der Waals surface area contributed by atoms with E-state index in [2.05, 4.69) is 20.7 Å². The Morgan fingerprint density at radius 3 is 2.75 bits per heavy atom. The maximum atomic E-state index is 12.6. The van der Waals surface area contributed by atoms with Gasteiger partial charge in [0, 0.05) is 28.6 Å². The molecule has 1 amide bonds. The SMILES string of the molecule is COc1ccc(-c2nn(-c3ccccc3)cc2/C=N/NC(=O)c2n[nH]c3c2CCC3)cc1. The van der Waals surface area contributed by atoms with Gasteiger partial charge >= 0.3 is 0 Å². The third-order valence-electron chi connectivity index (χ3n) is 5.52. The fourth-order valence-corrected chi connectivity index (χ4v) is 3.89. The zero-order valence-corrected chi connectivity index (χ0v) is 17.6. The average Bonchev–Trinajstić information content (AvgIpc) is 3.56. The molecule has 0 radical (unpaired) electrons. The number of aromatic amines is 1. The molecule has 1 aliphatic carbocycles. The van der Waals surface area contributed by atoms with Gasteiger partial charge in [-0.05, 0) is 55.7 Å². The van der Waals surface area contributed by atoms with Gasteiger partial charge in [0.25, 0.3) is 5.91 Å². The fourth-order valence-electron chi connectivity index (χ4n) is 3.89. The highest BCUT2D eigenvalue weighted by Crippen LogP contribution is 2.25. The Bertz CT molecular complexity index is 1270. The Kier molecular flexibility index (Phi) is 5.25. The maximum Gasteiger partial charge on any atom is 0.292 e. The van der Waals surface area contributed by atoms with Crippen LogP contribution >= 0.6 is 0 Å². The van der Waals surface area contributed by atoms with Crippen LogP contribution in [0.2, 0.25) is 0 Å². The lowest BCUT2D eigenvalue weighted by atomic mass is 10.1. The number of fused-ring (bicyclic) bond motifs is 1. The van der Waals surface area contributed by atoms with Gasteiger partial charge in [0.1, 0.15) is 11.4 Å². The van der Waals surface area contributed by atoms with Crippen LogP contribution in [0, 0.1) is 0 Å². The summed E-state index contributed by atoms with van der Waals surface area (Å²) in [4.78, 5) is 12.6. The Morgan fingerprint density at radius 1 is 1.16 bits per heavy atom. The Labute approximate surface area is 184 Å². The summed E-state index contributed by atoms with van der Waals surface area (Å²) in [6.45, 7) is 0. The smallest absolute Gasteiger partial charge is 0.292 e. The zero-order valence-electron chi connectivity index (χ0n) is 17.6. The topological polar surface area (TPSA) is 97.2 Å². The first-order valence-electron chi connectivity index (χ1n) is 10.4. The minimum Gasteiger partial charge on any atom is -0.497 e. The second kappa shape index (κ2) is 8.50.